The van der Waals surface area contributed by atoms with E-state index in [1.807, 2.05) is 6.92 Å². The molecule has 0 amide bonds. The Hall–Kier alpha value is -3.76. The van der Waals surface area contributed by atoms with Gasteiger partial charge in [0.05, 0.1) is 25.2 Å². The topological polar surface area (TPSA) is 107 Å². The van der Waals surface area contributed by atoms with Crippen LogP contribution in [0.15, 0.2) is 42.7 Å². The van der Waals surface area contributed by atoms with Gasteiger partial charge < -0.3 is 19.7 Å². The van der Waals surface area contributed by atoms with Crippen molar-refractivity contribution < 1.29 is 37.7 Å². The van der Waals surface area contributed by atoms with Gasteiger partial charge in [-0.1, -0.05) is 13.0 Å². The zero-order valence-electron chi connectivity index (χ0n) is 20.0. The summed E-state index contributed by atoms with van der Waals surface area (Å²) >= 11 is 0. The van der Waals surface area contributed by atoms with E-state index in [-0.39, 0.29) is 30.5 Å². The molecule has 0 saturated carbocycles. The van der Waals surface area contributed by atoms with Crippen LogP contribution in [0.2, 0.25) is 0 Å². The highest BCUT2D eigenvalue weighted by atomic mass is 19.4. The van der Waals surface area contributed by atoms with Crippen LogP contribution in [0.5, 0.6) is 17.4 Å². The van der Waals surface area contributed by atoms with Crippen molar-refractivity contribution in [3.05, 3.63) is 59.4 Å². The number of ether oxygens (including phenoxy) is 2. The molecule has 3 rings (SSSR count). The van der Waals surface area contributed by atoms with Crippen LogP contribution in [0.4, 0.5) is 13.2 Å². The molecular formula is C25H28F3N3O5. The third kappa shape index (κ3) is 6.89. The summed E-state index contributed by atoms with van der Waals surface area (Å²) < 4.78 is 51.0. The number of carboxylic acid groups (broad SMARTS) is 1. The van der Waals surface area contributed by atoms with E-state index in [0.29, 0.717) is 37.5 Å². The second kappa shape index (κ2) is 11.8. The molecule has 0 aliphatic rings. The van der Waals surface area contributed by atoms with Gasteiger partial charge in [0.2, 0.25) is 5.88 Å². The van der Waals surface area contributed by atoms with Gasteiger partial charge >= 0.3 is 12.1 Å². The summed E-state index contributed by atoms with van der Waals surface area (Å²) in [6.45, 7) is 4.33. The lowest BCUT2D eigenvalue weighted by atomic mass is 9.93. The molecule has 1 aromatic carbocycles. The van der Waals surface area contributed by atoms with Crippen molar-refractivity contribution in [3.8, 4) is 23.2 Å². The molecule has 0 radical (unpaired) electrons. The van der Waals surface area contributed by atoms with Gasteiger partial charge in [-0.15, -0.1) is 5.10 Å². The van der Waals surface area contributed by atoms with Gasteiger partial charge in [-0.25, -0.2) is 9.67 Å². The van der Waals surface area contributed by atoms with Crippen molar-refractivity contribution in [3.63, 3.8) is 0 Å². The minimum absolute atomic E-state index is 0.0199. The molecule has 0 bridgehead atoms. The van der Waals surface area contributed by atoms with Crippen LogP contribution < -0.4 is 9.47 Å². The maximum absolute atomic E-state index is 12.8. The summed E-state index contributed by atoms with van der Waals surface area (Å²) in [6.07, 6.45) is -0.400. The van der Waals surface area contributed by atoms with E-state index in [1.165, 1.54) is 16.8 Å². The van der Waals surface area contributed by atoms with E-state index in [0.717, 1.165) is 23.4 Å². The number of carbonyl (C=O) groups is 1. The Morgan fingerprint density at radius 2 is 1.94 bits per heavy atom. The molecule has 2 heterocycles. The standard InChI is InChI=1S/C25H28F3N3O5/c1-3-16(13-23(33)34)17-7-9-21(20(32)12-17)36-11-5-6-18-15-31(30-24(18)35-4-2)22-10-8-19(14-29-22)25(26,27)28/h7-10,12,14-16,32H,3-6,11,13H2,1-2H3,(H,33,34). The van der Waals surface area contributed by atoms with Gasteiger partial charge in [0.1, 0.15) is 0 Å². The SMILES string of the molecule is CCOc1nn(-c2ccc(C(F)(F)F)cn2)cc1CCCOc1ccc(C(CC)CC(=O)O)cc1O. The first-order valence-corrected chi connectivity index (χ1v) is 11.5. The zero-order valence-corrected chi connectivity index (χ0v) is 20.0. The van der Waals surface area contributed by atoms with E-state index >= 15 is 0 Å². The van der Waals surface area contributed by atoms with Crippen molar-refractivity contribution in [1.82, 2.24) is 14.8 Å². The normalized spacial score (nSPS) is 12.4. The lowest BCUT2D eigenvalue weighted by Gasteiger charge is -2.15. The number of pyridine rings is 1. The van der Waals surface area contributed by atoms with E-state index in [9.17, 15) is 23.1 Å². The number of alkyl halides is 3. The van der Waals surface area contributed by atoms with Crippen molar-refractivity contribution in [1.29, 1.82) is 0 Å². The Bertz CT molecular complexity index is 1160. The molecule has 2 N–H and O–H groups in total. The fraction of sp³-hybridized carbons (Fsp3) is 0.400. The smallest absolute Gasteiger partial charge is 0.417 e. The highest BCUT2D eigenvalue weighted by Crippen LogP contribution is 2.33. The van der Waals surface area contributed by atoms with E-state index in [4.69, 9.17) is 14.6 Å². The molecular weight excluding hydrogens is 479 g/mol. The van der Waals surface area contributed by atoms with Crippen LogP contribution in [0.1, 0.15) is 55.7 Å². The summed E-state index contributed by atoms with van der Waals surface area (Å²) in [5, 5.41) is 23.7. The number of phenols is 1. The summed E-state index contributed by atoms with van der Waals surface area (Å²) in [4.78, 5) is 14.9. The molecule has 194 valence electrons. The predicted octanol–water partition coefficient (Wildman–Crippen LogP) is 5.37. The zero-order chi connectivity index (χ0) is 26.3. The fourth-order valence-corrected chi connectivity index (χ4v) is 3.69. The second-order valence-corrected chi connectivity index (χ2v) is 8.12. The second-order valence-electron chi connectivity index (χ2n) is 8.12. The first-order chi connectivity index (χ1) is 17.1. The van der Waals surface area contributed by atoms with E-state index in [1.54, 1.807) is 25.3 Å². The van der Waals surface area contributed by atoms with Crippen LogP contribution in [0.25, 0.3) is 5.82 Å². The largest absolute Gasteiger partial charge is 0.504 e. The minimum atomic E-state index is -4.47. The van der Waals surface area contributed by atoms with Crippen molar-refractivity contribution in [2.45, 2.75) is 51.6 Å². The maximum Gasteiger partial charge on any atom is 0.417 e. The quantitative estimate of drug-likeness (QED) is 0.318. The minimum Gasteiger partial charge on any atom is -0.504 e. The Balaban J connectivity index is 1.62. The van der Waals surface area contributed by atoms with Gasteiger partial charge in [-0.3, -0.25) is 4.79 Å². The summed E-state index contributed by atoms with van der Waals surface area (Å²) in [5.41, 5.74) is 0.626. The Morgan fingerprint density at radius 1 is 1.17 bits per heavy atom. The lowest BCUT2D eigenvalue weighted by molar-refractivity contribution is -0.138. The molecule has 1 atom stereocenters. The number of aryl methyl sites for hydroxylation is 1. The summed E-state index contributed by atoms with van der Waals surface area (Å²) in [7, 11) is 0. The lowest BCUT2D eigenvalue weighted by Crippen LogP contribution is -2.07. The number of phenolic OH excluding ortho intramolecular Hbond substituents is 1. The first-order valence-electron chi connectivity index (χ1n) is 11.5. The third-order valence-corrected chi connectivity index (χ3v) is 5.56. The average molecular weight is 508 g/mol. The van der Waals surface area contributed by atoms with Gasteiger partial charge in [-0.05, 0) is 61.9 Å². The molecule has 0 aliphatic carbocycles. The van der Waals surface area contributed by atoms with Crippen LogP contribution >= 0.6 is 0 Å². The number of rotatable bonds is 12. The van der Waals surface area contributed by atoms with Crippen molar-refractivity contribution in [2.24, 2.45) is 0 Å². The number of hydrogen-bond acceptors (Lipinski definition) is 6. The number of benzene rings is 1. The molecule has 0 fully saturated rings. The van der Waals surface area contributed by atoms with Gasteiger partial charge in [0.25, 0.3) is 0 Å². The van der Waals surface area contributed by atoms with Gasteiger partial charge in [-0.2, -0.15) is 13.2 Å². The summed E-state index contributed by atoms with van der Waals surface area (Å²) in [6, 6.07) is 7.08. The molecule has 0 aliphatic heterocycles. The predicted molar refractivity (Wildman–Crippen MR) is 125 cm³/mol. The van der Waals surface area contributed by atoms with Crippen molar-refractivity contribution in [2.75, 3.05) is 13.2 Å². The van der Waals surface area contributed by atoms with E-state index < -0.39 is 17.7 Å². The van der Waals surface area contributed by atoms with Crippen molar-refractivity contribution >= 4 is 5.97 Å². The van der Waals surface area contributed by atoms with Gasteiger partial charge in [0.15, 0.2) is 17.3 Å². The molecule has 0 spiro atoms. The number of aromatic nitrogens is 3. The Kier molecular flexibility index (Phi) is 8.78. The van der Waals surface area contributed by atoms with Crippen LogP contribution in [0, 0.1) is 0 Å². The number of hydrogen-bond donors (Lipinski definition) is 2. The average Bonchev–Trinajstić information content (AvgIpc) is 3.23. The maximum atomic E-state index is 12.8. The summed E-state index contributed by atoms with van der Waals surface area (Å²) in [5.74, 6) is -0.285. The van der Waals surface area contributed by atoms with Gasteiger partial charge in [0, 0.05) is 18.0 Å². The van der Waals surface area contributed by atoms with Crippen LogP contribution in [-0.2, 0) is 17.4 Å². The number of aromatic hydroxyl groups is 1. The number of nitrogens with zero attached hydrogens (tertiary/aromatic N) is 3. The molecule has 0 saturated heterocycles. The molecule has 8 nitrogen and oxygen atoms in total. The fourth-order valence-electron chi connectivity index (χ4n) is 3.69. The molecule has 11 heteroatoms. The highest BCUT2D eigenvalue weighted by Gasteiger charge is 2.30. The van der Waals surface area contributed by atoms with Crippen LogP contribution in [0.3, 0.4) is 0 Å². The number of halogens is 3. The van der Waals surface area contributed by atoms with E-state index in [2.05, 4.69) is 10.1 Å². The molecule has 2 aromatic heterocycles. The Morgan fingerprint density at radius 3 is 2.53 bits per heavy atom. The number of carboxylic acids is 1. The molecule has 36 heavy (non-hydrogen) atoms. The Labute approximate surface area is 206 Å². The number of aliphatic carboxylic acids is 1. The third-order valence-electron chi connectivity index (χ3n) is 5.56. The first kappa shape index (κ1) is 26.8. The molecule has 3 aromatic rings. The van der Waals surface area contributed by atoms with Crippen LogP contribution in [-0.4, -0.2) is 44.2 Å². The monoisotopic (exact) mass is 507 g/mol. The highest BCUT2D eigenvalue weighted by molar-refractivity contribution is 5.68. The molecule has 1 unspecified atom stereocenters.